The normalized spacial score (nSPS) is 23.2. The average Bonchev–Trinajstić information content (AvgIpc) is 3.34. The minimum atomic E-state index is 0.150. The summed E-state index contributed by atoms with van der Waals surface area (Å²) in [6, 6.07) is 0.393. The lowest BCUT2D eigenvalue weighted by Crippen LogP contribution is -2.22. The molecule has 6 nitrogen and oxygen atoms in total. The second-order valence-corrected chi connectivity index (χ2v) is 8.80. The molecule has 152 valence electrons. The molecule has 2 unspecified atom stereocenters. The van der Waals surface area contributed by atoms with Crippen molar-refractivity contribution in [3.63, 3.8) is 0 Å². The lowest BCUT2D eigenvalue weighted by molar-refractivity contribution is 0.375. The summed E-state index contributed by atoms with van der Waals surface area (Å²) in [7, 11) is 0. The monoisotopic (exact) mass is 390 g/mol. The average molecular weight is 391 g/mol. The van der Waals surface area contributed by atoms with Gasteiger partial charge >= 0.3 is 0 Å². The lowest BCUT2D eigenvalue weighted by atomic mass is 9.83. The number of nitrogens with zero attached hydrogens (tertiary/aromatic N) is 6. The summed E-state index contributed by atoms with van der Waals surface area (Å²) in [6.07, 6.45) is 12.8. The van der Waals surface area contributed by atoms with Gasteiger partial charge in [-0.05, 0) is 51.3 Å². The van der Waals surface area contributed by atoms with Crippen molar-refractivity contribution in [2.45, 2.75) is 59.4 Å². The van der Waals surface area contributed by atoms with E-state index in [0.29, 0.717) is 12.0 Å². The fourth-order valence-corrected chi connectivity index (χ4v) is 4.06. The van der Waals surface area contributed by atoms with Crippen molar-refractivity contribution in [3.05, 3.63) is 59.1 Å². The number of rotatable bonds is 6. The predicted octanol–water partition coefficient (Wildman–Crippen LogP) is 4.37. The second-order valence-electron chi connectivity index (χ2n) is 8.80. The van der Waals surface area contributed by atoms with Gasteiger partial charge in [-0.3, -0.25) is 9.98 Å². The van der Waals surface area contributed by atoms with Crippen LogP contribution in [0.15, 0.2) is 46.9 Å². The van der Waals surface area contributed by atoms with Crippen LogP contribution in [0.1, 0.15) is 56.7 Å². The van der Waals surface area contributed by atoms with E-state index in [2.05, 4.69) is 66.8 Å². The summed E-state index contributed by atoms with van der Waals surface area (Å²) in [5.41, 5.74) is 5.01. The maximum Gasteiger partial charge on any atom is 0.177 e. The van der Waals surface area contributed by atoms with Gasteiger partial charge in [-0.15, -0.1) is 0 Å². The summed E-state index contributed by atoms with van der Waals surface area (Å²) in [5, 5.41) is 4.77. The van der Waals surface area contributed by atoms with Gasteiger partial charge in [0.1, 0.15) is 0 Å². The molecule has 1 saturated carbocycles. The molecule has 2 atom stereocenters. The minimum Gasteiger partial charge on any atom is -0.372 e. The van der Waals surface area contributed by atoms with Gasteiger partial charge in [0.15, 0.2) is 11.5 Å². The SMILES string of the molecule is C=N/C(=C\N(CC)C1CC1c1nc2c(C)ncc(C)n2n1)C1=CC(C)(C)CC=C1. The Bertz CT molecular complexity index is 1000. The van der Waals surface area contributed by atoms with E-state index in [1.54, 1.807) is 0 Å². The maximum absolute atomic E-state index is 4.79. The van der Waals surface area contributed by atoms with Gasteiger partial charge in [0.2, 0.25) is 0 Å². The first-order valence-corrected chi connectivity index (χ1v) is 10.4. The van der Waals surface area contributed by atoms with Gasteiger partial charge in [-0.1, -0.05) is 32.1 Å². The molecule has 0 spiro atoms. The molecule has 1 fully saturated rings. The van der Waals surface area contributed by atoms with Crippen molar-refractivity contribution in [1.82, 2.24) is 24.5 Å². The topological polar surface area (TPSA) is 58.7 Å². The van der Waals surface area contributed by atoms with Gasteiger partial charge in [0.25, 0.3) is 0 Å². The Morgan fingerprint density at radius 3 is 2.86 bits per heavy atom. The molecule has 0 saturated heterocycles. The molecule has 4 rings (SSSR count). The van der Waals surface area contributed by atoms with Crippen LogP contribution in [0, 0.1) is 19.3 Å². The van der Waals surface area contributed by atoms with Crippen LogP contribution in [-0.4, -0.2) is 43.8 Å². The van der Waals surface area contributed by atoms with Gasteiger partial charge in [0.05, 0.1) is 17.1 Å². The predicted molar refractivity (Wildman–Crippen MR) is 117 cm³/mol. The van der Waals surface area contributed by atoms with Crippen molar-refractivity contribution >= 4 is 12.4 Å². The molecule has 2 aliphatic carbocycles. The standard InChI is InChI=1S/C23H30N6/c1-7-28(14-19(24-6)17-9-8-10-23(4,5)12-17)20-11-18(20)21-26-22-16(3)25-13-15(2)29(22)27-21/h8-9,12-14,18,20H,6-7,10-11H2,1-5H3/b19-14-. The molecule has 2 aliphatic rings. The van der Waals surface area contributed by atoms with Gasteiger partial charge in [-0.2, -0.15) is 5.10 Å². The van der Waals surface area contributed by atoms with Crippen molar-refractivity contribution in [2.75, 3.05) is 6.54 Å². The number of fused-ring (bicyclic) bond motifs is 1. The fraction of sp³-hybridized carbons (Fsp3) is 0.478. The number of aliphatic imine (C=N–C) groups is 1. The van der Waals surface area contributed by atoms with Crippen molar-refractivity contribution in [3.8, 4) is 0 Å². The molecule has 2 aromatic rings. The molecule has 6 heteroatoms. The Kier molecular flexibility index (Phi) is 4.89. The van der Waals surface area contributed by atoms with Crippen LogP contribution in [0.4, 0.5) is 0 Å². The van der Waals surface area contributed by atoms with Crippen LogP contribution >= 0.6 is 0 Å². The molecular formula is C23H30N6. The van der Waals surface area contributed by atoms with Crippen molar-refractivity contribution in [2.24, 2.45) is 10.4 Å². The minimum absolute atomic E-state index is 0.150. The molecule has 2 heterocycles. The van der Waals surface area contributed by atoms with Crippen LogP contribution in [0.5, 0.6) is 0 Å². The quantitative estimate of drug-likeness (QED) is 0.687. The summed E-state index contributed by atoms with van der Waals surface area (Å²) in [5.74, 6) is 1.25. The molecular weight excluding hydrogens is 360 g/mol. The number of hydrogen-bond donors (Lipinski definition) is 0. The van der Waals surface area contributed by atoms with Crippen molar-refractivity contribution in [1.29, 1.82) is 0 Å². The van der Waals surface area contributed by atoms with Crippen molar-refractivity contribution < 1.29 is 0 Å². The Morgan fingerprint density at radius 1 is 1.41 bits per heavy atom. The number of hydrogen-bond acceptors (Lipinski definition) is 5. The third-order valence-corrected chi connectivity index (χ3v) is 5.85. The van der Waals surface area contributed by atoms with Crippen LogP contribution in [0.2, 0.25) is 0 Å². The summed E-state index contributed by atoms with van der Waals surface area (Å²) in [6.45, 7) is 15.4. The Balaban J connectivity index is 1.58. The first-order valence-electron chi connectivity index (χ1n) is 10.4. The zero-order valence-electron chi connectivity index (χ0n) is 18.1. The summed E-state index contributed by atoms with van der Waals surface area (Å²) in [4.78, 5) is 15.9. The smallest absolute Gasteiger partial charge is 0.177 e. The second kappa shape index (κ2) is 7.25. The lowest BCUT2D eigenvalue weighted by Gasteiger charge is -2.25. The Morgan fingerprint density at radius 2 is 2.21 bits per heavy atom. The largest absolute Gasteiger partial charge is 0.372 e. The van der Waals surface area contributed by atoms with E-state index in [1.165, 1.54) is 0 Å². The summed E-state index contributed by atoms with van der Waals surface area (Å²) < 4.78 is 1.91. The van der Waals surface area contributed by atoms with E-state index in [-0.39, 0.29) is 5.41 Å². The third kappa shape index (κ3) is 3.76. The van der Waals surface area contributed by atoms with Gasteiger partial charge < -0.3 is 4.90 Å². The van der Waals surface area contributed by atoms with Crippen LogP contribution in [-0.2, 0) is 0 Å². The zero-order valence-corrected chi connectivity index (χ0v) is 18.1. The maximum atomic E-state index is 4.79. The van der Waals surface area contributed by atoms with Crippen LogP contribution in [0.25, 0.3) is 5.65 Å². The van der Waals surface area contributed by atoms with E-state index < -0.39 is 0 Å². The summed E-state index contributed by atoms with van der Waals surface area (Å²) >= 11 is 0. The zero-order chi connectivity index (χ0) is 20.8. The highest BCUT2D eigenvalue weighted by Gasteiger charge is 2.44. The molecule has 0 N–H and O–H groups in total. The number of likely N-dealkylation sites (N-methyl/N-ethyl adjacent to an activating group) is 1. The van der Waals surface area contributed by atoms with E-state index >= 15 is 0 Å². The van der Waals surface area contributed by atoms with E-state index in [0.717, 1.165) is 53.5 Å². The van der Waals surface area contributed by atoms with Gasteiger partial charge in [-0.25, -0.2) is 9.50 Å². The highest BCUT2D eigenvalue weighted by atomic mass is 15.3. The Labute approximate surface area is 172 Å². The first-order chi connectivity index (χ1) is 13.8. The highest BCUT2D eigenvalue weighted by molar-refractivity contribution is 5.47. The molecule has 2 aromatic heterocycles. The van der Waals surface area contributed by atoms with E-state index in [4.69, 9.17) is 10.1 Å². The molecule has 29 heavy (non-hydrogen) atoms. The fourth-order valence-electron chi connectivity index (χ4n) is 4.06. The first kappa shape index (κ1) is 19.6. The molecule has 0 aliphatic heterocycles. The molecule has 0 aromatic carbocycles. The molecule has 0 radical (unpaired) electrons. The van der Waals surface area contributed by atoms with Crippen LogP contribution < -0.4 is 0 Å². The van der Waals surface area contributed by atoms with E-state index in [9.17, 15) is 0 Å². The third-order valence-electron chi connectivity index (χ3n) is 5.85. The number of aromatic nitrogens is 4. The molecule has 0 bridgehead atoms. The van der Waals surface area contributed by atoms with Gasteiger partial charge in [0, 0.05) is 30.9 Å². The van der Waals surface area contributed by atoms with E-state index in [1.807, 2.05) is 24.6 Å². The number of aryl methyl sites for hydroxylation is 2. The number of allylic oxidation sites excluding steroid dienone is 3. The molecule has 0 amide bonds. The Hall–Kier alpha value is -2.76. The van der Waals surface area contributed by atoms with Crippen LogP contribution in [0.3, 0.4) is 0 Å². The highest BCUT2D eigenvalue weighted by Crippen LogP contribution is 2.44.